The molecule has 7 rings (SSSR count). The Morgan fingerprint density at radius 3 is 1.90 bits per heavy atom. The summed E-state index contributed by atoms with van der Waals surface area (Å²) in [6.45, 7) is 8.22. The van der Waals surface area contributed by atoms with Gasteiger partial charge >= 0.3 is 23.9 Å². The molecule has 2 bridgehead atoms. The highest BCUT2D eigenvalue weighted by Gasteiger charge is 2.79. The zero-order valence-corrected chi connectivity index (χ0v) is 35.2. The Morgan fingerprint density at radius 2 is 1.35 bits per heavy atom. The van der Waals surface area contributed by atoms with Crippen LogP contribution in [0.2, 0.25) is 0 Å². The van der Waals surface area contributed by atoms with E-state index in [0.29, 0.717) is 5.56 Å². The van der Waals surface area contributed by atoms with Crippen molar-refractivity contribution < 1.29 is 67.8 Å². The second-order valence-corrected chi connectivity index (χ2v) is 17.3. The van der Waals surface area contributed by atoms with Gasteiger partial charge in [0.1, 0.15) is 29.5 Å². The molecule has 62 heavy (non-hydrogen) atoms. The lowest BCUT2D eigenvalue weighted by Gasteiger charge is -2.62. The molecule has 11 atom stereocenters. The van der Waals surface area contributed by atoms with Gasteiger partial charge in [-0.15, -0.1) is 0 Å². The highest BCUT2D eigenvalue weighted by molar-refractivity contribution is 5.96. The molecule has 328 valence electrons. The van der Waals surface area contributed by atoms with Gasteiger partial charge in [-0.05, 0) is 54.8 Å². The van der Waals surface area contributed by atoms with Crippen LogP contribution in [0.1, 0.15) is 86.7 Å². The number of Topliss-reactive ketones (excluding diaryl/α,β-unsaturated/α-hetero) is 1. The summed E-state index contributed by atoms with van der Waals surface area (Å²) in [5, 5.41) is 40.2. The lowest BCUT2D eigenvalue weighted by molar-refractivity contribution is -0.246. The number of ether oxygens (including phenoxy) is 5. The Kier molecular flexibility index (Phi) is 11.8. The normalized spacial score (nSPS) is 31.9. The lowest BCUT2D eigenvalue weighted by atomic mass is 9.46. The van der Waals surface area contributed by atoms with E-state index >= 15 is 4.79 Å². The first kappa shape index (κ1) is 44.3. The molecule has 1 amide bonds. The fraction of sp³-hybridized carbons (Fsp3) is 0.447. The minimum absolute atomic E-state index is 0.0104. The van der Waals surface area contributed by atoms with Gasteiger partial charge in [-0.2, -0.15) is 0 Å². The molecule has 1 spiro atoms. The third-order valence-corrected chi connectivity index (χ3v) is 13.4. The molecule has 4 aliphatic rings. The van der Waals surface area contributed by atoms with E-state index in [0.717, 1.165) is 6.92 Å². The highest BCUT2D eigenvalue weighted by Crippen LogP contribution is 2.65. The van der Waals surface area contributed by atoms with E-state index in [2.05, 4.69) is 5.32 Å². The van der Waals surface area contributed by atoms with Crippen molar-refractivity contribution in [2.24, 2.45) is 16.7 Å². The van der Waals surface area contributed by atoms with E-state index in [4.69, 9.17) is 23.7 Å². The second-order valence-electron chi connectivity index (χ2n) is 17.3. The SMILES string of the molecule is CC(=O)O[C@H]1C(=O)[C@@]2(C)[C@H]([C@H](OC(=O)c3ccccc3)[C@]3(O)C[C@H](OC(=O)[C@H](O)[C@@H](NC(=O)c4ccccc4)c4ccccc4)C(C)=C1C3(C)C)[C@]1(CO1)[C@@H](OC(C)=O)C[C@@H]2O. The van der Waals surface area contributed by atoms with E-state index in [1.807, 2.05) is 0 Å². The van der Waals surface area contributed by atoms with Gasteiger partial charge in [0.2, 0.25) is 0 Å². The Labute approximate surface area is 358 Å². The Hall–Kier alpha value is -5.74. The van der Waals surface area contributed by atoms with Gasteiger partial charge in [0.25, 0.3) is 5.91 Å². The number of esters is 4. The molecule has 3 aliphatic carbocycles. The van der Waals surface area contributed by atoms with Crippen LogP contribution in [0.5, 0.6) is 0 Å². The van der Waals surface area contributed by atoms with Gasteiger partial charge < -0.3 is 44.3 Å². The molecule has 0 radical (unpaired) electrons. The van der Waals surface area contributed by atoms with Crippen LogP contribution in [0.4, 0.5) is 0 Å². The van der Waals surface area contributed by atoms with Gasteiger partial charge in [0.15, 0.2) is 18.0 Å². The number of carbonyl (C=O) groups is 6. The smallest absolute Gasteiger partial charge is 0.338 e. The molecule has 0 aromatic heterocycles. The summed E-state index contributed by atoms with van der Waals surface area (Å²) in [5.74, 6) is -6.63. The van der Waals surface area contributed by atoms with Gasteiger partial charge in [-0.1, -0.05) is 80.6 Å². The first-order valence-electron chi connectivity index (χ1n) is 20.5. The number of benzene rings is 3. The maximum absolute atomic E-state index is 15.4. The van der Waals surface area contributed by atoms with Crippen molar-refractivity contribution in [2.75, 3.05) is 6.61 Å². The van der Waals surface area contributed by atoms with Crippen molar-refractivity contribution in [3.05, 3.63) is 119 Å². The van der Waals surface area contributed by atoms with Gasteiger partial charge in [-0.25, -0.2) is 9.59 Å². The molecule has 3 fully saturated rings. The fourth-order valence-electron chi connectivity index (χ4n) is 10.0. The average Bonchev–Trinajstić information content (AvgIpc) is 4.04. The van der Waals surface area contributed by atoms with Crippen LogP contribution in [0.25, 0.3) is 0 Å². The number of hydrogen-bond donors (Lipinski definition) is 4. The van der Waals surface area contributed by atoms with Crippen molar-refractivity contribution in [1.82, 2.24) is 5.32 Å². The van der Waals surface area contributed by atoms with E-state index in [1.54, 1.807) is 92.7 Å². The van der Waals surface area contributed by atoms with Crippen LogP contribution in [-0.4, -0.2) is 105 Å². The molecular formula is C47H51NO14. The van der Waals surface area contributed by atoms with Crippen LogP contribution in [-0.2, 0) is 42.9 Å². The quantitative estimate of drug-likeness (QED) is 0.0988. The van der Waals surface area contributed by atoms with Crippen molar-refractivity contribution >= 4 is 35.6 Å². The molecule has 1 heterocycles. The maximum atomic E-state index is 15.4. The summed E-state index contributed by atoms with van der Waals surface area (Å²) in [6, 6.07) is 23.0. The predicted octanol–water partition coefficient (Wildman–Crippen LogP) is 3.74. The predicted molar refractivity (Wildman–Crippen MR) is 218 cm³/mol. The topological polar surface area (TPSA) is 225 Å². The zero-order valence-electron chi connectivity index (χ0n) is 35.2. The number of carbonyl (C=O) groups excluding carboxylic acids is 6. The molecule has 15 heteroatoms. The first-order chi connectivity index (χ1) is 29.3. The Balaban J connectivity index is 1.38. The summed E-state index contributed by atoms with van der Waals surface area (Å²) in [6.07, 6.45) is -10.7. The monoisotopic (exact) mass is 853 g/mol. The van der Waals surface area contributed by atoms with E-state index in [1.165, 1.54) is 32.9 Å². The number of epoxide rings is 1. The van der Waals surface area contributed by atoms with E-state index < -0.39 is 113 Å². The minimum atomic E-state index is -2.36. The minimum Gasteiger partial charge on any atom is -0.459 e. The van der Waals surface area contributed by atoms with E-state index in [9.17, 15) is 39.3 Å². The highest BCUT2D eigenvalue weighted by atomic mass is 16.6. The second kappa shape index (κ2) is 16.5. The van der Waals surface area contributed by atoms with Crippen LogP contribution >= 0.6 is 0 Å². The maximum Gasteiger partial charge on any atom is 0.338 e. The summed E-state index contributed by atoms with van der Waals surface area (Å²) >= 11 is 0. The van der Waals surface area contributed by atoms with Crippen molar-refractivity contribution in [3.8, 4) is 0 Å². The van der Waals surface area contributed by atoms with Crippen molar-refractivity contribution in [2.45, 2.75) is 108 Å². The van der Waals surface area contributed by atoms with Gasteiger partial charge in [-0.3, -0.25) is 19.2 Å². The summed E-state index contributed by atoms with van der Waals surface area (Å²) in [5.41, 5.74) is -6.70. The lowest BCUT2D eigenvalue weighted by Crippen LogP contribution is -2.75. The number of hydrogen-bond acceptors (Lipinski definition) is 14. The van der Waals surface area contributed by atoms with Crippen molar-refractivity contribution in [3.63, 3.8) is 0 Å². The number of fused-ring (bicyclic) bond motifs is 4. The molecule has 3 aromatic carbocycles. The summed E-state index contributed by atoms with van der Waals surface area (Å²) < 4.78 is 30.2. The van der Waals surface area contributed by atoms with Crippen molar-refractivity contribution in [1.29, 1.82) is 0 Å². The Bertz CT molecular complexity index is 2270. The number of aliphatic hydroxyl groups excluding tert-OH is 2. The first-order valence-corrected chi connectivity index (χ1v) is 20.5. The standard InChI is InChI=1S/C47H51NO14/c1-25-31(61-43(56)36(52)35(28-16-10-7-11-17-28)48-41(54)29-18-12-8-13-19-29)23-47(57)40(62-42(55)30-20-14-9-15-21-30)38-45(6,32(51)22-33(59-26(2)49)46(38)24-58-46)39(53)37(60-27(3)50)34(25)44(47,4)5/h7-21,31-33,35-38,40,51-52,57H,22-24H2,1-6H3,(H,48,54)/t31-,32-,33-,35-,36+,37+,38-,40-,45+,46-,47+/m0/s1. The summed E-state index contributed by atoms with van der Waals surface area (Å²) in [7, 11) is 0. The van der Waals surface area contributed by atoms with E-state index in [-0.39, 0.29) is 35.3 Å². The molecule has 0 unspecified atom stereocenters. The van der Waals surface area contributed by atoms with Crippen LogP contribution < -0.4 is 5.32 Å². The fourth-order valence-corrected chi connectivity index (χ4v) is 10.0. The number of rotatable bonds is 10. The number of aliphatic hydroxyl groups is 3. The molecule has 3 aromatic rings. The average molecular weight is 854 g/mol. The summed E-state index contributed by atoms with van der Waals surface area (Å²) in [4.78, 5) is 82.9. The molecule has 1 saturated heterocycles. The zero-order chi connectivity index (χ0) is 44.9. The molecule has 2 saturated carbocycles. The number of nitrogens with one attached hydrogen (secondary N) is 1. The molecule has 15 nitrogen and oxygen atoms in total. The molecular weight excluding hydrogens is 803 g/mol. The third-order valence-electron chi connectivity index (χ3n) is 13.4. The van der Waals surface area contributed by atoms with Gasteiger partial charge in [0, 0.05) is 43.6 Å². The van der Waals surface area contributed by atoms with Crippen LogP contribution in [0.15, 0.2) is 102 Å². The molecule has 4 N–H and O–H groups in total. The van der Waals surface area contributed by atoms with Crippen LogP contribution in [0, 0.1) is 16.7 Å². The number of amides is 1. The largest absolute Gasteiger partial charge is 0.459 e. The van der Waals surface area contributed by atoms with Crippen LogP contribution in [0.3, 0.4) is 0 Å². The Morgan fingerprint density at radius 1 is 0.806 bits per heavy atom. The molecule has 1 aliphatic heterocycles. The number of ketones is 1. The van der Waals surface area contributed by atoms with Gasteiger partial charge in [0.05, 0.1) is 29.7 Å². The third kappa shape index (κ3) is 7.50.